The summed E-state index contributed by atoms with van der Waals surface area (Å²) in [6.07, 6.45) is 8.96. The molecule has 4 heterocycles. The van der Waals surface area contributed by atoms with E-state index < -0.39 is 0 Å². The molecule has 0 saturated carbocycles. The molecule has 0 saturated heterocycles. The summed E-state index contributed by atoms with van der Waals surface area (Å²) in [6, 6.07) is 8.02. The number of nitrogens with one attached hydrogen (secondary N) is 1. The second kappa shape index (κ2) is 27.5. The van der Waals surface area contributed by atoms with Crippen LogP contribution in [0.2, 0.25) is 0 Å². The molecule has 3 N–H and O–H groups in total. The molecule has 4 aromatic rings. The molecule has 0 atom stereocenters. The van der Waals surface area contributed by atoms with Gasteiger partial charge in [0.05, 0.1) is 22.1 Å². The lowest BCUT2D eigenvalue weighted by Crippen LogP contribution is -2.06. The van der Waals surface area contributed by atoms with Gasteiger partial charge in [-0.05, 0) is 49.2 Å². The Morgan fingerprint density at radius 1 is 0.743 bits per heavy atom. The van der Waals surface area contributed by atoms with E-state index in [1.165, 1.54) is 11.9 Å². The molecule has 0 fully saturated rings. The summed E-state index contributed by atoms with van der Waals surface area (Å²) in [5.41, 5.74) is 9.43. The van der Waals surface area contributed by atoms with E-state index in [0.717, 1.165) is 27.6 Å². The maximum atomic E-state index is 5.62. The summed E-state index contributed by atoms with van der Waals surface area (Å²) in [5.74, 6) is 5.62. The number of aryl methyl sites for hydroxylation is 2. The Hall–Kier alpha value is -2.73. The third-order valence-electron chi connectivity index (χ3n) is 3.62. The Morgan fingerprint density at radius 2 is 1.11 bits per heavy atom. The molecule has 0 unspecified atom stereocenters. The minimum absolute atomic E-state index is 0. The van der Waals surface area contributed by atoms with Crippen LogP contribution in [-0.4, -0.2) is 32.8 Å². The lowest BCUT2D eigenvalue weighted by atomic mass is 10.3. The number of rotatable bonds is 1. The fraction of sp³-hybridized carbons (Fsp3) is 0.500. The SMILES string of the molecule is C.C.CC.CC.CC.CC.CCl.CNn1ccc2ncc(C)cc21.Cc1cnc2ccn(N)c2c1.[2HH].[2HH]. The van der Waals surface area contributed by atoms with Gasteiger partial charge in [0.25, 0.3) is 0 Å². The van der Waals surface area contributed by atoms with E-state index in [-0.39, 0.29) is 17.7 Å². The van der Waals surface area contributed by atoms with Gasteiger partial charge in [-0.15, -0.1) is 11.6 Å². The standard InChI is InChI=1S/C9H11N3.C8H9N3.4C2H6.CH3Cl.2CH4.2H2/c1-7-5-9-8(11-6-7)3-4-12(9)10-2;1-6-4-8-7(10-5-6)2-3-11(8)9;5*1-2;;;;/h3-6,10H,1-2H3;2-5H,9H2,1H3;4*1-2H3;1H3;2*1H4;2*1H/i;;;;;;;;;2*1+1. The average Bonchev–Trinajstić information content (AvgIpc) is 3.48. The van der Waals surface area contributed by atoms with Crippen LogP contribution < -0.4 is 11.3 Å². The van der Waals surface area contributed by atoms with Crippen molar-refractivity contribution in [2.24, 2.45) is 0 Å². The van der Waals surface area contributed by atoms with Gasteiger partial charge in [-0.3, -0.25) is 19.3 Å². The van der Waals surface area contributed by atoms with Crippen molar-refractivity contribution in [3.05, 3.63) is 60.2 Å². The van der Waals surface area contributed by atoms with Gasteiger partial charge in [-0.1, -0.05) is 70.2 Å². The zero-order valence-electron chi connectivity index (χ0n) is 22.9. The Kier molecular flexibility index (Phi) is 33.4. The van der Waals surface area contributed by atoms with Crippen molar-refractivity contribution in [2.75, 3.05) is 24.7 Å². The Labute approximate surface area is 224 Å². The number of hydrogen-bond donors (Lipinski definition) is 2. The van der Waals surface area contributed by atoms with E-state index in [9.17, 15) is 0 Å². The van der Waals surface area contributed by atoms with Gasteiger partial charge in [0, 0.05) is 41.1 Å². The van der Waals surface area contributed by atoms with E-state index >= 15 is 0 Å². The maximum absolute atomic E-state index is 5.62. The lowest BCUT2D eigenvalue weighted by Gasteiger charge is -2.02. The number of aromatic nitrogens is 4. The number of nitrogen functional groups attached to an aromatic ring is 1. The molecule has 0 bridgehead atoms. The first kappa shape index (κ1) is 42.4. The quantitative estimate of drug-likeness (QED) is 0.195. The average molecular weight is 517 g/mol. The van der Waals surface area contributed by atoms with Crippen LogP contribution in [0.5, 0.6) is 0 Å². The number of hydrogen-bond acceptors (Lipinski definition) is 4. The van der Waals surface area contributed by atoms with Crippen molar-refractivity contribution in [3.63, 3.8) is 0 Å². The summed E-state index contributed by atoms with van der Waals surface area (Å²) in [5, 5.41) is 0. The Balaban J connectivity index is -0.0000000675. The summed E-state index contributed by atoms with van der Waals surface area (Å²) < 4.78 is 3.53. The topological polar surface area (TPSA) is 73.7 Å². The van der Waals surface area contributed by atoms with Crippen LogP contribution in [-0.2, 0) is 0 Å². The first-order valence-electron chi connectivity index (χ1n) is 11.8. The molecule has 4 rings (SSSR count). The molecule has 0 radical (unpaired) electrons. The number of alkyl halides is 1. The van der Waals surface area contributed by atoms with E-state index in [1.807, 2.05) is 118 Å². The number of nitrogens with two attached hydrogens (primary N) is 1. The largest absolute Gasteiger partial charge is 0.339 e. The summed E-state index contributed by atoms with van der Waals surface area (Å²) in [6.45, 7) is 20.0. The third kappa shape index (κ3) is 14.3. The predicted molar refractivity (Wildman–Crippen MR) is 169 cm³/mol. The molecule has 7 heteroatoms. The van der Waals surface area contributed by atoms with Crippen molar-refractivity contribution < 1.29 is 2.85 Å². The maximum Gasteiger partial charge on any atom is 0.0901 e. The van der Waals surface area contributed by atoms with E-state index in [0.29, 0.717) is 0 Å². The van der Waals surface area contributed by atoms with Crippen LogP contribution in [0.25, 0.3) is 22.1 Å². The number of nitrogens with zero attached hydrogens (tertiary/aromatic N) is 4. The number of halogens is 1. The van der Waals surface area contributed by atoms with Gasteiger partial charge >= 0.3 is 0 Å². The molecule has 0 aromatic carbocycles. The number of fused-ring (bicyclic) bond motifs is 2. The zero-order chi connectivity index (χ0) is 26.4. The Morgan fingerprint density at radius 3 is 1.54 bits per heavy atom. The second-order valence-corrected chi connectivity index (χ2v) is 5.47. The van der Waals surface area contributed by atoms with Crippen molar-refractivity contribution in [3.8, 4) is 0 Å². The predicted octanol–water partition coefficient (Wildman–Crippen LogP) is 9.30. The highest BCUT2D eigenvalue weighted by Crippen LogP contribution is 2.13. The number of pyridine rings is 2. The van der Waals surface area contributed by atoms with E-state index in [1.54, 1.807) is 10.9 Å². The van der Waals surface area contributed by atoms with Gasteiger partial charge < -0.3 is 11.3 Å². The second-order valence-electron chi connectivity index (χ2n) is 5.47. The van der Waals surface area contributed by atoms with Crippen molar-refractivity contribution in [2.45, 2.75) is 84.1 Å². The molecule has 0 spiro atoms. The van der Waals surface area contributed by atoms with Crippen LogP contribution in [0.3, 0.4) is 0 Å². The molecule has 0 aliphatic carbocycles. The van der Waals surface area contributed by atoms with Gasteiger partial charge in [0.15, 0.2) is 0 Å². The highest BCUT2D eigenvalue weighted by atomic mass is 35.5. The third-order valence-corrected chi connectivity index (χ3v) is 3.62. The van der Waals surface area contributed by atoms with E-state index in [2.05, 4.69) is 33.1 Å². The molecule has 35 heavy (non-hydrogen) atoms. The smallest absolute Gasteiger partial charge is 0.0901 e. The molecule has 0 amide bonds. The van der Waals surface area contributed by atoms with Crippen molar-refractivity contribution in [1.82, 2.24) is 19.3 Å². The van der Waals surface area contributed by atoms with Crippen LogP contribution in [0.1, 0.15) is 84.2 Å². The van der Waals surface area contributed by atoms with E-state index in [4.69, 9.17) is 5.84 Å². The molecular formula is C28H59ClN6. The molecule has 0 aliphatic rings. The normalized spacial score (nSPS) is 7.80. The minimum Gasteiger partial charge on any atom is -0.339 e. The highest BCUT2D eigenvalue weighted by Gasteiger charge is 1.99. The van der Waals surface area contributed by atoms with Crippen molar-refractivity contribution in [1.29, 1.82) is 0 Å². The van der Waals surface area contributed by atoms with Gasteiger partial charge in [-0.2, -0.15) is 0 Å². The molecule has 6 nitrogen and oxygen atoms in total. The fourth-order valence-corrected chi connectivity index (χ4v) is 2.44. The summed E-state index contributed by atoms with van der Waals surface area (Å²) in [4.78, 5) is 8.49. The monoisotopic (exact) mass is 516 g/mol. The van der Waals surface area contributed by atoms with Gasteiger partial charge in [-0.25, -0.2) is 0 Å². The lowest BCUT2D eigenvalue weighted by molar-refractivity contribution is 0.974. The molecular weight excluding hydrogens is 456 g/mol. The summed E-state index contributed by atoms with van der Waals surface area (Å²) >= 11 is 4.64. The first-order valence-corrected chi connectivity index (χ1v) is 12.5. The van der Waals surface area contributed by atoms with Crippen LogP contribution >= 0.6 is 11.6 Å². The molecule has 208 valence electrons. The summed E-state index contributed by atoms with van der Waals surface area (Å²) in [7, 11) is 1.89. The Bertz CT molecular complexity index is 972. The fourth-order valence-electron chi connectivity index (χ4n) is 2.44. The highest BCUT2D eigenvalue weighted by molar-refractivity contribution is 6.15. The zero-order valence-corrected chi connectivity index (χ0v) is 23.6. The van der Waals surface area contributed by atoms with Crippen LogP contribution in [0, 0.1) is 13.8 Å². The molecule has 4 aromatic heterocycles. The van der Waals surface area contributed by atoms with Gasteiger partial charge in [0.2, 0.25) is 0 Å². The van der Waals surface area contributed by atoms with Crippen molar-refractivity contribution >= 4 is 33.7 Å². The van der Waals surface area contributed by atoms with Crippen LogP contribution in [0.4, 0.5) is 0 Å². The first-order chi connectivity index (χ1) is 16.1. The van der Waals surface area contributed by atoms with Gasteiger partial charge in [0.1, 0.15) is 0 Å². The molecule has 0 aliphatic heterocycles. The minimum atomic E-state index is 0. The van der Waals surface area contributed by atoms with Crippen LogP contribution in [0.15, 0.2) is 49.1 Å².